The summed E-state index contributed by atoms with van der Waals surface area (Å²) in [5.41, 5.74) is 0.340. The lowest BCUT2D eigenvalue weighted by Gasteiger charge is -2.05. The van der Waals surface area contributed by atoms with Gasteiger partial charge in [-0.15, -0.1) is 5.10 Å². The molecule has 2 aromatic rings. The van der Waals surface area contributed by atoms with Crippen LogP contribution in [-0.2, 0) is 0 Å². The van der Waals surface area contributed by atoms with Crippen LogP contribution in [-0.4, -0.2) is 33.3 Å². The summed E-state index contributed by atoms with van der Waals surface area (Å²) < 4.78 is 4.92. The number of ether oxygens (including phenoxy) is 1. The molecule has 2 rings (SSSR count). The second-order valence-electron chi connectivity index (χ2n) is 3.59. The maximum Gasteiger partial charge on any atom is 0.258 e. The number of methoxy groups -OCH3 is 1. The quantitative estimate of drug-likeness (QED) is 0.754. The fraction of sp³-hybridized carbons (Fsp3) is 0.182. The second-order valence-corrected chi connectivity index (χ2v) is 3.59. The Bertz CT molecular complexity index is 579. The Kier molecular flexibility index (Phi) is 3.13. The van der Waals surface area contributed by atoms with E-state index in [-0.39, 0.29) is 23.4 Å². The van der Waals surface area contributed by atoms with Crippen molar-refractivity contribution in [2.75, 3.05) is 12.4 Å². The molecule has 0 unspecified atom stereocenters. The van der Waals surface area contributed by atoms with Crippen LogP contribution >= 0.6 is 0 Å². The Hall–Kier alpha value is -2.57. The number of carbonyl (C=O) groups excluding carboxylic acids is 1. The summed E-state index contributed by atoms with van der Waals surface area (Å²) in [7, 11) is 1.41. The largest absolute Gasteiger partial charge is 0.504 e. The lowest BCUT2D eigenvalue weighted by molar-refractivity contribution is 0.102. The number of hydrogen-bond donors (Lipinski definition) is 3. The van der Waals surface area contributed by atoms with Crippen molar-refractivity contribution >= 4 is 11.9 Å². The number of carbonyl (C=O) groups is 1. The van der Waals surface area contributed by atoms with Gasteiger partial charge in [0.1, 0.15) is 5.82 Å². The number of aromatic amines is 1. The summed E-state index contributed by atoms with van der Waals surface area (Å²) in [6.07, 6.45) is 0. The number of hydrogen-bond acceptors (Lipinski definition) is 5. The van der Waals surface area contributed by atoms with Crippen LogP contribution in [0.1, 0.15) is 16.2 Å². The third-order valence-electron chi connectivity index (χ3n) is 2.26. The Morgan fingerprint density at radius 2 is 2.28 bits per heavy atom. The molecule has 0 saturated carbocycles. The van der Waals surface area contributed by atoms with Gasteiger partial charge in [-0.05, 0) is 25.1 Å². The predicted octanol–water partition coefficient (Wildman–Crippen LogP) is 1.08. The Morgan fingerprint density at radius 1 is 1.50 bits per heavy atom. The van der Waals surface area contributed by atoms with Crippen molar-refractivity contribution in [3.8, 4) is 11.5 Å². The van der Waals surface area contributed by atoms with E-state index in [1.807, 2.05) is 0 Å². The zero-order chi connectivity index (χ0) is 13.1. The molecule has 18 heavy (non-hydrogen) atoms. The number of aromatic nitrogens is 3. The number of benzene rings is 1. The van der Waals surface area contributed by atoms with E-state index in [1.54, 1.807) is 6.92 Å². The van der Waals surface area contributed by atoms with E-state index in [2.05, 4.69) is 20.5 Å². The van der Waals surface area contributed by atoms with Crippen molar-refractivity contribution < 1.29 is 14.6 Å². The molecule has 7 heteroatoms. The van der Waals surface area contributed by atoms with Gasteiger partial charge in [0, 0.05) is 5.56 Å². The minimum absolute atomic E-state index is 0.0252. The minimum Gasteiger partial charge on any atom is -0.504 e. The van der Waals surface area contributed by atoms with Crippen LogP contribution in [0.25, 0.3) is 0 Å². The number of nitrogens with one attached hydrogen (secondary N) is 2. The third-order valence-corrected chi connectivity index (χ3v) is 2.26. The molecule has 1 aromatic heterocycles. The van der Waals surface area contributed by atoms with Crippen LogP contribution in [0.2, 0.25) is 0 Å². The van der Waals surface area contributed by atoms with E-state index >= 15 is 0 Å². The Labute approximate surface area is 103 Å². The molecule has 0 atom stereocenters. The van der Waals surface area contributed by atoms with Crippen molar-refractivity contribution in [1.82, 2.24) is 15.2 Å². The van der Waals surface area contributed by atoms with Gasteiger partial charge >= 0.3 is 0 Å². The number of rotatable bonds is 3. The van der Waals surface area contributed by atoms with E-state index in [0.29, 0.717) is 11.4 Å². The molecule has 0 aliphatic carbocycles. The second kappa shape index (κ2) is 4.74. The highest BCUT2D eigenvalue weighted by Crippen LogP contribution is 2.26. The fourth-order valence-electron chi connectivity index (χ4n) is 1.39. The number of nitrogens with zero attached hydrogens (tertiary/aromatic N) is 2. The summed E-state index contributed by atoms with van der Waals surface area (Å²) in [6, 6.07) is 4.30. The summed E-state index contributed by atoms with van der Waals surface area (Å²) in [5, 5.41) is 18.4. The fourth-order valence-corrected chi connectivity index (χ4v) is 1.39. The number of aryl methyl sites for hydroxylation is 1. The zero-order valence-electron chi connectivity index (χ0n) is 9.89. The highest BCUT2D eigenvalue weighted by molar-refractivity contribution is 6.03. The van der Waals surface area contributed by atoms with Gasteiger partial charge in [0.15, 0.2) is 11.5 Å². The Balaban J connectivity index is 2.18. The molecule has 3 N–H and O–H groups in total. The number of amides is 1. The van der Waals surface area contributed by atoms with Gasteiger partial charge in [0.25, 0.3) is 5.91 Å². The maximum absolute atomic E-state index is 11.9. The molecule has 0 fully saturated rings. The summed E-state index contributed by atoms with van der Waals surface area (Å²) in [4.78, 5) is 15.8. The molecule has 0 aliphatic heterocycles. The molecule has 94 valence electrons. The van der Waals surface area contributed by atoms with E-state index < -0.39 is 0 Å². The molecule has 0 radical (unpaired) electrons. The van der Waals surface area contributed by atoms with Gasteiger partial charge < -0.3 is 9.84 Å². The van der Waals surface area contributed by atoms with Gasteiger partial charge in [-0.2, -0.15) is 4.98 Å². The van der Waals surface area contributed by atoms with Gasteiger partial charge in [-0.3, -0.25) is 15.2 Å². The van der Waals surface area contributed by atoms with Crippen molar-refractivity contribution in [3.63, 3.8) is 0 Å². The topological polar surface area (TPSA) is 100 Å². The highest BCUT2D eigenvalue weighted by Gasteiger charge is 2.11. The number of anilines is 1. The first kappa shape index (κ1) is 11.9. The monoisotopic (exact) mass is 248 g/mol. The van der Waals surface area contributed by atoms with Crippen LogP contribution in [0.15, 0.2) is 18.2 Å². The molecule has 0 aliphatic rings. The zero-order valence-corrected chi connectivity index (χ0v) is 9.89. The first-order chi connectivity index (χ1) is 8.60. The molecule has 0 spiro atoms. The summed E-state index contributed by atoms with van der Waals surface area (Å²) >= 11 is 0. The molecular weight excluding hydrogens is 236 g/mol. The van der Waals surface area contributed by atoms with Gasteiger partial charge in [-0.1, -0.05) is 0 Å². The van der Waals surface area contributed by atoms with Crippen LogP contribution in [0, 0.1) is 6.92 Å². The van der Waals surface area contributed by atoms with Crippen LogP contribution < -0.4 is 10.1 Å². The summed E-state index contributed by atoms with van der Waals surface area (Å²) in [6.45, 7) is 1.73. The van der Waals surface area contributed by atoms with Gasteiger partial charge in [-0.25, -0.2) is 0 Å². The number of phenols is 1. The third kappa shape index (κ3) is 2.40. The molecule has 1 aromatic carbocycles. The smallest absolute Gasteiger partial charge is 0.258 e. The lowest BCUT2D eigenvalue weighted by atomic mass is 10.2. The first-order valence-electron chi connectivity index (χ1n) is 5.17. The van der Waals surface area contributed by atoms with E-state index in [1.165, 1.54) is 25.3 Å². The number of H-pyrrole nitrogens is 1. The molecule has 1 heterocycles. The van der Waals surface area contributed by atoms with E-state index in [0.717, 1.165) is 0 Å². The van der Waals surface area contributed by atoms with Crippen molar-refractivity contribution in [1.29, 1.82) is 0 Å². The van der Waals surface area contributed by atoms with E-state index in [4.69, 9.17) is 4.74 Å². The van der Waals surface area contributed by atoms with Crippen LogP contribution in [0.4, 0.5) is 5.95 Å². The van der Waals surface area contributed by atoms with E-state index in [9.17, 15) is 9.90 Å². The van der Waals surface area contributed by atoms with Crippen molar-refractivity contribution in [2.24, 2.45) is 0 Å². The van der Waals surface area contributed by atoms with Gasteiger partial charge in [0.05, 0.1) is 7.11 Å². The molecular formula is C11H12N4O3. The first-order valence-corrected chi connectivity index (χ1v) is 5.17. The standard InChI is InChI=1S/C11H12N4O3/c1-6-12-11(15-14-6)13-10(17)7-3-4-8(16)9(5-7)18-2/h3-5,16H,1-2H3,(H2,12,13,14,15,17). The lowest BCUT2D eigenvalue weighted by Crippen LogP contribution is -2.13. The van der Waals surface area contributed by atoms with Gasteiger partial charge in [0.2, 0.25) is 5.95 Å². The SMILES string of the molecule is COc1cc(C(=O)Nc2n[nH]c(C)n2)ccc1O. The molecule has 0 saturated heterocycles. The average Bonchev–Trinajstić information content (AvgIpc) is 2.75. The normalized spacial score (nSPS) is 10.1. The van der Waals surface area contributed by atoms with Crippen molar-refractivity contribution in [2.45, 2.75) is 6.92 Å². The van der Waals surface area contributed by atoms with Crippen LogP contribution in [0.5, 0.6) is 11.5 Å². The molecule has 0 bridgehead atoms. The predicted molar refractivity (Wildman–Crippen MR) is 63.7 cm³/mol. The maximum atomic E-state index is 11.9. The average molecular weight is 248 g/mol. The highest BCUT2D eigenvalue weighted by atomic mass is 16.5. The van der Waals surface area contributed by atoms with Crippen LogP contribution in [0.3, 0.4) is 0 Å². The van der Waals surface area contributed by atoms with Crippen molar-refractivity contribution in [3.05, 3.63) is 29.6 Å². The molecule has 7 nitrogen and oxygen atoms in total. The molecule has 1 amide bonds. The number of aromatic hydroxyl groups is 1. The Morgan fingerprint density at radius 3 is 2.89 bits per heavy atom. The minimum atomic E-state index is -0.382. The number of phenolic OH excluding ortho intramolecular Hbond substituents is 1. The summed E-state index contributed by atoms with van der Waals surface area (Å²) in [5.74, 6) is 0.627.